The molecule has 9 heteroatoms. The molecule has 2 heterocycles. The third kappa shape index (κ3) is 3.93. The quantitative estimate of drug-likeness (QED) is 0.690. The van der Waals surface area contributed by atoms with Gasteiger partial charge in [0, 0.05) is 24.6 Å². The maximum absolute atomic E-state index is 12.5. The molecule has 0 unspecified atom stereocenters. The van der Waals surface area contributed by atoms with E-state index in [0.717, 1.165) is 5.56 Å². The number of hydrogen-bond acceptors (Lipinski definition) is 7. The lowest BCUT2D eigenvalue weighted by Gasteiger charge is -2.18. The highest BCUT2D eigenvalue weighted by Crippen LogP contribution is 2.32. The molecule has 140 valence electrons. The summed E-state index contributed by atoms with van der Waals surface area (Å²) in [7, 11) is -3.68. The topological polar surface area (TPSA) is 104 Å². The van der Waals surface area contributed by atoms with Crippen LogP contribution in [0.4, 0.5) is 0 Å². The molecule has 2 aromatic carbocycles. The summed E-state index contributed by atoms with van der Waals surface area (Å²) < 4.78 is 43.5. The summed E-state index contributed by atoms with van der Waals surface area (Å²) in [6.07, 6.45) is 0.281. The molecule has 0 atom stereocenters. The first-order valence-electron chi connectivity index (χ1n) is 8.39. The first-order valence-corrected chi connectivity index (χ1v) is 9.87. The van der Waals surface area contributed by atoms with Gasteiger partial charge in [0.2, 0.25) is 21.7 Å². The molecule has 0 spiro atoms. The van der Waals surface area contributed by atoms with E-state index in [1.165, 1.54) is 12.1 Å². The van der Waals surface area contributed by atoms with Gasteiger partial charge < -0.3 is 14.0 Å². The maximum atomic E-state index is 12.5. The summed E-state index contributed by atoms with van der Waals surface area (Å²) in [5.74, 6) is 1.80. The minimum atomic E-state index is -3.68. The Morgan fingerprint density at radius 2 is 1.78 bits per heavy atom. The molecule has 4 rings (SSSR count). The summed E-state index contributed by atoms with van der Waals surface area (Å²) in [5, 5.41) is 3.91. The van der Waals surface area contributed by atoms with E-state index in [2.05, 4.69) is 14.9 Å². The molecule has 0 saturated carbocycles. The third-order valence-electron chi connectivity index (χ3n) is 3.95. The number of fused-ring (bicyclic) bond motifs is 1. The lowest BCUT2D eigenvalue weighted by atomic mass is 10.2. The summed E-state index contributed by atoms with van der Waals surface area (Å²) in [5.41, 5.74) is 0.837. The van der Waals surface area contributed by atoms with Crippen molar-refractivity contribution in [1.82, 2.24) is 14.9 Å². The third-order valence-corrected chi connectivity index (χ3v) is 5.41. The van der Waals surface area contributed by atoms with Crippen molar-refractivity contribution in [2.45, 2.75) is 11.3 Å². The Labute approximate surface area is 156 Å². The number of nitrogens with one attached hydrogen (secondary N) is 1. The molecule has 1 aliphatic heterocycles. The zero-order chi connectivity index (χ0) is 18.7. The molecule has 1 N–H and O–H groups in total. The number of hydrogen-bond donors (Lipinski definition) is 1. The lowest BCUT2D eigenvalue weighted by molar-refractivity contribution is 0.171. The average Bonchev–Trinajstić information content (AvgIpc) is 3.17. The van der Waals surface area contributed by atoms with Crippen LogP contribution in [0.2, 0.25) is 0 Å². The highest BCUT2D eigenvalue weighted by molar-refractivity contribution is 7.89. The van der Waals surface area contributed by atoms with Crippen LogP contribution in [0, 0.1) is 0 Å². The Balaban J connectivity index is 1.39. The summed E-state index contributed by atoms with van der Waals surface area (Å²) in [6, 6.07) is 13.9. The van der Waals surface area contributed by atoms with Gasteiger partial charge in [0.1, 0.15) is 13.2 Å². The summed E-state index contributed by atoms with van der Waals surface area (Å²) in [4.78, 5) is 4.39. The van der Waals surface area contributed by atoms with E-state index in [-0.39, 0.29) is 17.9 Å². The first kappa shape index (κ1) is 17.5. The van der Waals surface area contributed by atoms with Crippen LogP contribution < -0.4 is 14.2 Å². The fourth-order valence-electron chi connectivity index (χ4n) is 2.63. The Hall–Kier alpha value is -2.91. The first-order chi connectivity index (χ1) is 13.1. The zero-order valence-electron chi connectivity index (χ0n) is 14.3. The lowest BCUT2D eigenvalue weighted by Crippen LogP contribution is -2.26. The van der Waals surface area contributed by atoms with Crippen LogP contribution in [-0.4, -0.2) is 38.3 Å². The summed E-state index contributed by atoms with van der Waals surface area (Å²) in [6.45, 7) is 0.977. The fourth-order valence-corrected chi connectivity index (χ4v) is 3.67. The van der Waals surface area contributed by atoms with Gasteiger partial charge >= 0.3 is 0 Å². The van der Waals surface area contributed by atoms with Crippen LogP contribution in [0.1, 0.15) is 5.89 Å². The Bertz CT molecular complexity index is 1030. The predicted molar refractivity (Wildman–Crippen MR) is 96.1 cm³/mol. The monoisotopic (exact) mass is 387 g/mol. The minimum absolute atomic E-state index is 0.113. The Morgan fingerprint density at radius 3 is 2.59 bits per heavy atom. The van der Waals surface area contributed by atoms with Crippen LogP contribution in [0.25, 0.3) is 11.4 Å². The van der Waals surface area contributed by atoms with Crippen LogP contribution in [0.15, 0.2) is 57.9 Å². The minimum Gasteiger partial charge on any atom is -0.486 e. The molecule has 0 bridgehead atoms. The van der Waals surface area contributed by atoms with Gasteiger partial charge in [-0.25, -0.2) is 13.1 Å². The van der Waals surface area contributed by atoms with Gasteiger partial charge in [-0.2, -0.15) is 4.98 Å². The Morgan fingerprint density at radius 1 is 1.00 bits per heavy atom. The van der Waals surface area contributed by atoms with Gasteiger partial charge in [0.25, 0.3) is 0 Å². The van der Waals surface area contributed by atoms with Crippen molar-refractivity contribution < 1.29 is 22.4 Å². The van der Waals surface area contributed by atoms with Gasteiger partial charge in [-0.05, 0) is 12.1 Å². The van der Waals surface area contributed by atoms with E-state index in [1.807, 2.05) is 30.3 Å². The van der Waals surface area contributed by atoms with Crippen LogP contribution in [0.3, 0.4) is 0 Å². The molecular weight excluding hydrogens is 370 g/mol. The second-order valence-electron chi connectivity index (χ2n) is 5.83. The predicted octanol–water partition coefficient (Wildman–Crippen LogP) is 2.03. The van der Waals surface area contributed by atoms with Gasteiger partial charge in [-0.1, -0.05) is 35.5 Å². The molecular formula is C18H17N3O5S. The van der Waals surface area contributed by atoms with Crippen molar-refractivity contribution in [1.29, 1.82) is 0 Å². The Kier molecular flexibility index (Phi) is 4.78. The largest absolute Gasteiger partial charge is 0.486 e. The van der Waals surface area contributed by atoms with E-state index in [4.69, 9.17) is 14.0 Å². The van der Waals surface area contributed by atoms with Crippen LogP contribution >= 0.6 is 0 Å². The number of benzene rings is 2. The molecule has 0 amide bonds. The van der Waals surface area contributed by atoms with E-state index in [9.17, 15) is 8.42 Å². The van der Waals surface area contributed by atoms with Crippen LogP contribution in [-0.2, 0) is 16.4 Å². The molecule has 27 heavy (non-hydrogen) atoms. The molecule has 1 aromatic heterocycles. The molecule has 3 aromatic rings. The average molecular weight is 387 g/mol. The van der Waals surface area contributed by atoms with Gasteiger partial charge in [-0.15, -0.1) is 0 Å². The number of sulfonamides is 1. The van der Waals surface area contributed by atoms with Crippen molar-refractivity contribution in [2.75, 3.05) is 19.8 Å². The van der Waals surface area contributed by atoms with E-state index >= 15 is 0 Å². The highest BCUT2D eigenvalue weighted by atomic mass is 32.2. The smallest absolute Gasteiger partial charge is 0.240 e. The standard InChI is InChI=1S/C18H17N3O5S/c22-27(23,14-6-7-15-16(12-14)25-11-10-24-15)19-9-8-17-20-18(21-26-17)13-4-2-1-3-5-13/h1-7,12,19H,8-11H2. The van der Waals surface area contributed by atoms with Gasteiger partial charge in [0.15, 0.2) is 11.5 Å². The molecule has 1 aliphatic rings. The number of aromatic nitrogens is 2. The van der Waals surface area contributed by atoms with E-state index in [1.54, 1.807) is 6.07 Å². The van der Waals surface area contributed by atoms with Crippen molar-refractivity contribution in [3.63, 3.8) is 0 Å². The second kappa shape index (κ2) is 7.37. The van der Waals surface area contributed by atoms with Crippen molar-refractivity contribution in [2.24, 2.45) is 0 Å². The number of rotatable bonds is 6. The highest BCUT2D eigenvalue weighted by Gasteiger charge is 2.19. The van der Waals surface area contributed by atoms with Crippen LogP contribution in [0.5, 0.6) is 11.5 Å². The normalized spacial score (nSPS) is 13.5. The number of ether oxygens (including phenoxy) is 2. The fraction of sp³-hybridized carbons (Fsp3) is 0.222. The van der Waals surface area contributed by atoms with E-state index in [0.29, 0.717) is 36.4 Å². The SMILES string of the molecule is O=S(=O)(NCCc1nc(-c2ccccc2)no1)c1ccc2c(c1)OCCO2. The number of nitrogens with zero attached hydrogens (tertiary/aromatic N) is 2. The van der Waals surface area contributed by atoms with E-state index < -0.39 is 10.0 Å². The second-order valence-corrected chi connectivity index (χ2v) is 7.60. The zero-order valence-corrected chi connectivity index (χ0v) is 15.1. The molecule has 0 aliphatic carbocycles. The van der Waals surface area contributed by atoms with Crippen molar-refractivity contribution >= 4 is 10.0 Å². The van der Waals surface area contributed by atoms with Crippen molar-refractivity contribution in [3.05, 3.63) is 54.4 Å². The molecule has 0 radical (unpaired) electrons. The maximum Gasteiger partial charge on any atom is 0.240 e. The summed E-state index contributed by atoms with van der Waals surface area (Å²) >= 11 is 0. The molecule has 0 saturated heterocycles. The molecule has 0 fully saturated rings. The molecule has 8 nitrogen and oxygen atoms in total. The van der Waals surface area contributed by atoms with Crippen molar-refractivity contribution in [3.8, 4) is 22.9 Å². The van der Waals surface area contributed by atoms with Gasteiger partial charge in [0.05, 0.1) is 4.90 Å². The van der Waals surface area contributed by atoms with Gasteiger partial charge in [-0.3, -0.25) is 0 Å².